The Kier molecular flexibility index (Phi) is 2.40. The molecule has 0 aliphatic heterocycles. The van der Waals surface area contributed by atoms with Gasteiger partial charge >= 0.3 is 5.82 Å². The molecule has 0 aromatic carbocycles. The molecular weight excluding hydrogens is 186 g/mol. The summed E-state index contributed by atoms with van der Waals surface area (Å²) in [5.74, 6) is -0.676. The maximum Gasteiger partial charge on any atom is 0.347 e. The first kappa shape index (κ1) is 9.36. The Morgan fingerprint density at radius 3 is 2.85 bits per heavy atom. The molecule has 1 aromatic heterocycles. The van der Waals surface area contributed by atoms with E-state index in [2.05, 4.69) is 5.10 Å². The molecular formula is C5H6F2N4O2. The molecule has 1 heterocycles. The number of hydrogen-bond donors (Lipinski definition) is 1. The smallest absolute Gasteiger partial charge is 0.347 e. The molecule has 8 heteroatoms. The number of aromatic nitrogens is 2. The molecule has 72 valence electrons. The van der Waals surface area contributed by atoms with Gasteiger partial charge in [0.25, 0.3) is 6.43 Å². The molecule has 0 fully saturated rings. The molecule has 0 atom stereocenters. The molecule has 13 heavy (non-hydrogen) atoms. The first-order valence-corrected chi connectivity index (χ1v) is 3.26. The minimum absolute atomic E-state index is 0.146. The topological polar surface area (TPSA) is 87.0 Å². The molecule has 0 bridgehead atoms. The molecule has 1 aromatic rings. The molecule has 0 saturated heterocycles. The van der Waals surface area contributed by atoms with Gasteiger partial charge in [-0.25, -0.2) is 8.78 Å². The van der Waals surface area contributed by atoms with Crippen LogP contribution < -0.4 is 5.73 Å². The van der Waals surface area contributed by atoms with Crippen LogP contribution in [0.1, 0.15) is 0 Å². The third-order valence-electron chi connectivity index (χ3n) is 1.28. The summed E-state index contributed by atoms with van der Waals surface area (Å²) in [5, 5.41) is 13.6. The molecule has 0 amide bonds. The number of halogens is 2. The van der Waals surface area contributed by atoms with Gasteiger partial charge in [-0.1, -0.05) is 5.10 Å². The van der Waals surface area contributed by atoms with E-state index < -0.39 is 23.7 Å². The van der Waals surface area contributed by atoms with Crippen molar-refractivity contribution in [1.29, 1.82) is 0 Å². The van der Waals surface area contributed by atoms with Crippen LogP contribution in [0.25, 0.3) is 0 Å². The third-order valence-corrected chi connectivity index (χ3v) is 1.28. The summed E-state index contributed by atoms with van der Waals surface area (Å²) in [5.41, 5.74) is 5.11. The van der Waals surface area contributed by atoms with Crippen molar-refractivity contribution in [3.63, 3.8) is 0 Å². The van der Waals surface area contributed by atoms with Crippen molar-refractivity contribution in [1.82, 2.24) is 9.78 Å². The van der Waals surface area contributed by atoms with Crippen molar-refractivity contribution >= 4 is 11.6 Å². The lowest BCUT2D eigenvalue weighted by Crippen LogP contribution is -2.10. The lowest BCUT2D eigenvalue weighted by molar-refractivity contribution is -0.393. The zero-order chi connectivity index (χ0) is 10.0. The second-order valence-electron chi connectivity index (χ2n) is 2.26. The fraction of sp³-hybridized carbons (Fsp3) is 0.400. The number of alkyl halides is 2. The minimum Gasteiger partial charge on any atom is -0.380 e. The SMILES string of the molecule is Nc1cc([N+](=O)[O-])n(CC(F)F)n1. The number of anilines is 1. The number of nitrogen functional groups attached to an aromatic ring is 1. The number of nitrogens with zero attached hydrogens (tertiary/aromatic N) is 3. The summed E-state index contributed by atoms with van der Waals surface area (Å²) in [4.78, 5) is 9.45. The Hall–Kier alpha value is -1.73. The molecule has 0 spiro atoms. The van der Waals surface area contributed by atoms with Crippen molar-refractivity contribution in [3.05, 3.63) is 16.2 Å². The summed E-state index contributed by atoms with van der Waals surface area (Å²) in [6, 6.07) is 0.933. The Balaban J connectivity index is 2.97. The van der Waals surface area contributed by atoms with Gasteiger partial charge in [0.15, 0.2) is 12.4 Å². The van der Waals surface area contributed by atoms with E-state index in [1.54, 1.807) is 0 Å². The standard InChI is InChI=1S/C5H6F2N4O2/c6-3(7)2-10-5(11(12)13)1-4(8)9-10/h1,3H,2H2,(H2,8,9). The van der Waals surface area contributed by atoms with Crippen molar-refractivity contribution in [3.8, 4) is 0 Å². The fourth-order valence-electron chi connectivity index (χ4n) is 0.838. The summed E-state index contributed by atoms with van der Waals surface area (Å²) < 4.78 is 24.3. The molecule has 0 unspecified atom stereocenters. The second-order valence-corrected chi connectivity index (χ2v) is 2.26. The van der Waals surface area contributed by atoms with Crippen LogP contribution in [0.15, 0.2) is 6.07 Å². The monoisotopic (exact) mass is 192 g/mol. The van der Waals surface area contributed by atoms with E-state index in [9.17, 15) is 18.9 Å². The normalized spacial score (nSPS) is 10.7. The van der Waals surface area contributed by atoms with E-state index in [-0.39, 0.29) is 5.82 Å². The van der Waals surface area contributed by atoms with Crippen LogP contribution >= 0.6 is 0 Å². The van der Waals surface area contributed by atoms with Crippen molar-refractivity contribution in [2.75, 3.05) is 5.73 Å². The van der Waals surface area contributed by atoms with Gasteiger partial charge in [-0.15, -0.1) is 4.68 Å². The van der Waals surface area contributed by atoms with Gasteiger partial charge in [-0.2, -0.15) is 0 Å². The highest BCUT2D eigenvalue weighted by atomic mass is 19.3. The Morgan fingerprint density at radius 1 is 1.77 bits per heavy atom. The highest BCUT2D eigenvalue weighted by Gasteiger charge is 2.20. The first-order chi connectivity index (χ1) is 6.00. The zero-order valence-corrected chi connectivity index (χ0v) is 6.35. The van der Waals surface area contributed by atoms with Crippen LogP contribution in [0.5, 0.6) is 0 Å². The van der Waals surface area contributed by atoms with Crippen molar-refractivity contribution in [2.24, 2.45) is 0 Å². The van der Waals surface area contributed by atoms with Crippen molar-refractivity contribution in [2.45, 2.75) is 13.0 Å². The van der Waals surface area contributed by atoms with Crippen LogP contribution in [0, 0.1) is 10.1 Å². The maximum atomic E-state index is 11.8. The van der Waals surface area contributed by atoms with E-state index in [0.717, 1.165) is 6.07 Å². The number of rotatable bonds is 3. The maximum absolute atomic E-state index is 11.8. The largest absolute Gasteiger partial charge is 0.380 e. The number of nitro groups is 1. The van der Waals surface area contributed by atoms with Gasteiger partial charge in [0.2, 0.25) is 0 Å². The van der Waals surface area contributed by atoms with E-state index in [1.807, 2.05) is 0 Å². The summed E-state index contributed by atoms with van der Waals surface area (Å²) >= 11 is 0. The minimum atomic E-state index is -2.70. The van der Waals surface area contributed by atoms with Crippen LogP contribution in [-0.4, -0.2) is 21.1 Å². The molecule has 0 saturated carbocycles. The predicted octanol–water partition coefficient (Wildman–Crippen LogP) is 0.639. The van der Waals surface area contributed by atoms with Gasteiger partial charge in [0.1, 0.15) is 0 Å². The second kappa shape index (κ2) is 3.33. The Labute approximate surface area is 71.1 Å². The molecule has 1 rings (SSSR count). The molecule has 0 aliphatic rings. The highest BCUT2D eigenvalue weighted by molar-refractivity contribution is 5.37. The van der Waals surface area contributed by atoms with E-state index >= 15 is 0 Å². The van der Waals surface area contributed by atoms with Crippen LogP contribution in [-0.2, 0) is 6.54 Å². The van der Waals surface area contributed by atoms with Crippen LogP contribution in [0.2, 0.25) is 0 Å². The van der Waals surface area contributed by atoms with Crippen molar-refractivity contribution < 1.29 is 13.7 Å². The predicted molar refractivity (Wildman–Crippen MR) is 39.3 cm³/mol. The zero-order valence-electron chi connectivity index (χ0n) is 6.35. The van der Waals surface area contributed by atoms with E-state index in [0.29, 0.717) is 4.68 Å². The van der Waals surface area contributed by atoms with Gasteiger partial charge in [-0.05, 0) is 4.92 Å². The molecule has 0 radical (unpaired) electrons. The molecule has 6 nitrogen and oxygen atoms in total. The summed E-state index contributed by atoms with van der Waals surface area (Å²) in [6.45, 7) is -0.826. The molecule has 0 aliphatic carbocycles. The lowest BCUT2D eigenvalue weighted by atomic mass is 10.6. The Morgan fingerprint density at radius 2 is 2.38 bits per heavy atom. The average Bonchev–Trinajstić information content (AvgIpc) is 2.29. The fourth-order valence-corrected chi connectivity index (χ4v) is 0.838. The van der Waals surface area contributed by atoms with Gasteiger partial charge in [0.05, 0.1) is 6.07 Å². The van der Waals surface area contributed by atoms with Gasteiger partial charge in [-0.3, -0.25) is 0 Å². The van der Waals surface area contributed by atoms with Crippen LogP contribution in [0.3, 0.4) is 0 Å². The summed E-state index contributed by atoms with van der Waals surface area (Å²) in [7, 11) is 0. The third kappa shape index (κ3) is 2.10. The Bertz CT molecular complexity index is 324. The van der Waals surface area contributed by atoms with Gasteiger partial charge in [0, 0.05) is 0 Å². The van der Waals surface area contributed by atoms with E-state index in [4.69, 9.17) is 5.73 Å². The average molecular weight is 192 g/mol. The van der Waals surface area contributed by atoms with Crippen LogP contribution in [0.4, 0.5) is 20.4 Å². The lowest BCUT2D eigenvalue weighted by Gasteiger charge is -1.96. The molecule has 2 N–H and O–H groups in total. The quantitative estimate of drug-likeness (QED) is 0.562. The number of nitrogens with two attached hydrogens (primary N) is 1. The highest BCUT2D eigenvalue weighted by Crippen LogP contribution is 2.15. The first-order valence-electron chi connectivity index (χ1n) is 3.26. The summed E-state index contributed by atoms with van der Waals surface area (Å²) in [6.07, 6.45) is -2.70. The van der Waals surface area contributed by atoms with Gasteiger partial charge < -0.3 is 15.8 Å². The number of hydrogen-bond acceptors (Lipinski definition) is 4. The van der Waals surface area contributed by atoms with E-state index in [1.165, 1.54) is 0 Å².